The Morgan fingerprint density at radius 1 is 1.26 bits per heavy atom. The molecule has 0 spiro atoms. The van der Waals surface area contributed by atoms with Gasteiger partial charge in [-0.25, -0.2) is 0 Å². The summed E-state index contributed by atoms with van der Waals surface area (Å²) in [4.78, 5) is 13.7. The molecular formula is C15H22N2O2. The number of likely N-dealkylation sites (N-methyl/N-ethyl adjacent to an activating group) is 1. The number of carboxylic acid groups (broad SMARTS) is 1. The van der Waals surface area contributed by atoms with Crippen LogP contribution in [-0.4, -0.2) is 36.8 Å². The number of nitrogens with zero attached hydrogens (tertiary/aromatic N) is 1. The quantitative estimate of drug-likeness (QED) is 0.874. The maximum atomic E-state index is 11.4. The van der Waals surface area contributed by atoms with Crippen molar-refractivity contribution in [3.8, 4) is 0 Å². The summed E-state index contributed by atoms with van der Waals surface area (Å²) in [7, 11) is 1.74. The number of para-hydroxylation sites is 1. The lowest BCUT2D eigenvalue weighted by Gasteiger charge is -2.40. The summed E-state index contributed by atoms with van der Waals surface area (Å²) in [5.74, 6) is -0.740. The van der Waals surface area contributed by atoms with Gasteiger partial charge >= 0.3 is 5.97 Å². The number of rotatable bonds is 3. The average molecular weight is 262 g/mol. The Labute approximate surface area is 114 Å². The van der Waals surface area contributed by atoms with Crippen molar-refractivity contribution in [3.63, 3.8) is 0 Å². The first-order chi connectivity index (χ1) is 9.00. The Hall–Kier alpha value is -1.55. The number of benzene rings is 1. The number of carboxylic acids is 1. The zero-order chi connectivity index (χ0) is 14.0. The third-order valence-electron chi connectivity index (χ3n) is 4.26. The molecule has 1 fully saturated rings. The van der Waals surface area contributed by atoms with Gasteiger partial charge in [0.15, 0.2) is 0 Å². The van der Waals surface area contributed by atoms with Crippen LogP contribution in [0.5, 0.6) is 0 Å². The number of piperidine rings is 1. The van der Waals surface area contributed by atoms with Gasteiger partial charge in [-0.05, 0) is 44.9 Å². The Kier molecular flexibility index (Phi) is 3.80. The summed E-state index contributed by atoms with van der Waals surface area (Å²) in [5.41, 5.74) is 3.02. The maximum Gasteiger partial charge on any atom is 0.324 e. The van der Waals surface area contributed by atoms with E-state index < -0.39 is 11.5 Å². The van der Waals surface area contributed by atoms with Crippen molar-refractivity contribution in [3.05, 3.63) is 29.3 Å². The molecule has 0 bridgehead atoms. The first-order valence-corrected chi connectivity index (χ1v) is 6.73. The predicted molar refractivity (Wildman–Crippen MR) is 76.8 cm³/mol. The zero-order valence-corrected chi connectivity index (χ0v) is 11.9. The van der Waals surface area contributed by atoms with E-state index in [1.165, 1.54) is 16.8 Å². The molecule has 2 N–H and O–H groups in total. The van der Waals surface area contributed by atoms with E-state index in [9.17, 15) is 9.90 Å². The lowest BCUT2D eigenvalue weighted by Crippen LogP contribution is -2.57. The normalized spacial score (nSPS) is 18.4. The van der Waals surface area contributed by atoms with Crippen LogP contribution in [0, 0.1) is 13.8 Å². The number of hydrogen-bond donors (Lipinski definition) is 2. The summed E-state index contributed by atoms with van der Waals surface area (Å²) >= 11 is 0. The van der Waals surface area contributed by atoms with Crippen LogP contribution in [-0.2, 0) is 4.79 Å². The summed E-state index contributed by atoms with van der Waals surface area (Å²) in [6.07, 6.45) is 1.26. The maximum absolute atomic E-state index is 11.4. The summed E-state index contributed by atoms with van der Waals surface area (Å²) < 4.78 is 0. The van der Waals surface area contributed by atoms with Crippen LogP contribution in [0.3, 0.4) is 0 Å². The molecule has 104 valence electrons. The van der Waals surface area contributed by atoms with Crippen LogP contribution in [0.4, 0.5) is 5.69 Å². The number of nitrogens with one attached hydrogen (secondary N) is 1. The minimum atomic E-state index is -0.757. The van der Waals surface area contributed by atoms with Crippen LogP contribution in [0.15, 0.2) is 18.2 Å². The van der Waals surface area contributed by atoms with E-state index in [1.807, 2.05) is 0 Å². The van der Waals surface area contributed by atoms with Crippen molar-refractivity contribution < 1.29 is 9.90 Å². The zero-order valence-electron chi connectivity index (χ0n) is 11.9. The number of hydrogen-bond acceptors (Lipinski definition) is 3. The Bertz CT molecular complexity index is 457. The van der Waals surface area contributed by atoms with Gasteiger partial charge in [0.25, 0.3) is 0 Å². The summed E-state index contributed by atoms with van der Waals surface area (Å²) in [5, 5.41) is 12.4. The van der Waals surface area contributed by atoms with Crippen molar-refractivity contribution in [2.45, 2.75) is 32.2 Å². The topological polar surface area (TPSA) is 52.6 Å². The first-order valence-electron chi connectivity index (χ1n) is 6.73. The molecular weight excluding hydrogens is 240 g/mol. The fourth-order valence-electron chi connectivity index (χ4n) is 2.99. The SMILES string of the molecule is CNC1(C(=O)O)CCN(c2c(C)cccc2C)CC1. The molecule has 4 nitrogen and oxygen atoms in total. The standard InChI is InChI=1S/C15H22N2O2/c1-11-5-4-6-12(2)13(11)17-9-7-15(16-3,8-10-17)14(18)19/h4-6,16H,7-10H2,1-3H3,(H,18,19). The highest BCUT2D eigenvalue weighted by Crippen LogP contribution is 2.30. The van der Waals surface area contributed by atoms with Gasteiger partial charge in [0.05, 0.1) is 0 Å². The summed E-state index contributed by atoms with van der Waals surface area (Å²) in [6.45, 7) is 5.77. The third-order valence-corrected chi connectivity index (χ3v) is 4.26. The molecule has 19 heavy (non-hydrogen) atoms. The van der Waals surface area contributed by atoms with Crippen LogP contribution < -0.4 is 10.2 Å². The minimum Gasteiger partial charge on any atom is -0.480 e. The highest BCUT2D eigenvalue weighted by Gasteiger charge is 2.40. The number of anilines is 1. The van der Waals surface area contributed by atoms with Crippen LogP contribution in [0.1, 0.15) is 24.0 Å². The van der Waals surface area contributed by atoms with Gasteiger partial charge in [-0.3, -0.25) is 4.79 Å². The van der Waals surface area contributed by atoms with Crippen molar-refractivity contribution in [1.29, 1.82) is 0 Å². The number of aliphatic carboxylic acids is 1. The molecule has 4 heteroatoms. The molecule has 1 aromatic rings. The minimum absolute atomic E-state index is 0.632. The van der Waals surface area contributed by atoms with Crippen LogP contribution in [0.25, 0.3) is 0 Å². The Morgan fingerprint density at radius 2 is 1.79 bits per heavy atom. The second kappa shape index (κ2) is 5.21. The molecule has 0 amide bonds. The van der Waals surface area contributed by atoms with E-state index in [1.54, 1.807) is 7.05 Å². The van der Waals surface area contributed by atoms with E-state index in [2.05, 4.69) is 42.3 Å². The molecule has 2 rings (SSSR count). The van der Waals surface area contributed by atoms with Crippen LogP contribution in [0.2, 0.25) is 0 Å². The first kappa shape index (κ1) is 13.9. The Balaban J connectivity index is 2.18. The molecule has 1 aliphatic rings. The fourth-order valence-corrected chi connectivity index (χ4v) is 2.99. The summed E-state index contributed by atoms with van der Waals surface area (Å²) in [6, 6.07) is 6.28. The largest absolute Gasteiger partial charge is 0.480 e. The molecule has 0 aliphatic carbocycles. The molecule has 0 unspecified atom stereocenters. The predicted octanol–water partition coefficient (Wildman–Crippen LogP) is 1.95. The second-order valence-corrected chi connectivity index (χ2v) is 5.36. The third kappa shape index (κ3) is 2.45. The molecule has 0 saturated carbocycles. The highest BCUT2D eigenvalue weighted by molar-refractivity contribution is 5.79. The van der Waals surface area contributed by atoms with E-state index in [-0.39, 0.29) is 0 Å². The fraction of sp³-hybridized carbons (Fsp3) is 0.533. The lowest BCUT2D eigenvalue weighted by molar-refractivity contribution is -0.145. The van der Waals surface area contributed by atoms with Crippen molar-refractivity contribution >= 4 is 11.7 Å². The van der Waals surface area contributed by atoms with E-state index in [4.69, 9.17) is 0 Å². The average Bonchev–Trinajstić information content (AvgIpc) is 2.39. The monoisotopic (exact) mass is 262 g/mol. The molecule has 1 saturated heterocycles. The van der Waals surface area contributed by atoms with Gasteiger partial charge in [0, 0.05) is 18.8 Å². The van der Waals surface area contributed by atoms with Gasteiger partial charge in [-0.1, -0.05) is 18.2 Å². The lowest BCUT2D eigenvalue weighted by atomic mass is 9.87. The van der Waals surface area contributed by atoms with Crippen molar-refractivity contribution in [2.75, 3.05) is 25.0 Å². The number of carbonyl (C=O) groups is 1. The van der Waals surface area contributed by atoms with E-state index in [0.717, 1.165) is 13.1 Å². The molecule has 0 atom stereocenters. The van der Waals surface area contributed by atoms with Gasteiger partial charge < -0.3 is 15.3 Å². The molecule has 0 aromatic heterocycles. The molecule has 1 aromatic carbocycles. The number of aryl methyl sites for hydroxylation is 2. The molecule has 1 heterocycles. The van der Waals surface area contributed by atoms with Gasteiger partial charge in [-0.15, -0.1) is 0 Å². The van der Waals surface area contributed by atoms with Gasteiger partial charge in [-0.2, -0.15) is 0 Å². The highest BCUT2D eigenvalue weighted by atomic mass is 16.4. The van der Waals surface area contributed by atoms with Crippen molar-refractivity contribution in [1.82, 2.24) is 5.32 Å². The molecule has 0 radical (unpaired) electrons. The smallest absolute Gasteiger partial charge is 0.324 e. The van der Waals surface area contributed by atoms with Crippen molar-refractivity contribution in [2.24, 2.45) is 0 Å². The Morgan fingerprint density at radius 3 is 2.21 bits per heavy atom. The van der Waals surface area contributed by atoms with Crippen LogP contribution >= 0.6 is 0 Å². The second-order valence-electron chi connectivity index (χ2n) is 5.36. The van der Waals surface area contributed by atoms with Gasteiger partial charge in [0.1, 0.15) is 5.54 Å². The van der Waals surface area contributed by atoms with E-state index >= 15 is 0 Å². The van der Waals surface area contributed by atoms with E-state index in [0.29, 0.717) is 12.8 Å². The van der Waals surface area contributed by atoms with Gasteiger partial charge in [0.2, 0.25) is 0 Å². The molecule has 1 aliphatic heterocycles.